The first kappa shape index (κ1) is 13.9. The number of aliphatic hydroxyl groups excluding tert-OH is 1. The van der Waals surface area contributed by atoms with Crippen LogP contribution in [0.25, 0.3) is 0 Å². The summed E-state index contributed by atoms with van der Waals surface area (Å²) in [4.78, 5) is 20.9. The third kappa shape index (κ3) is 3.17. The molecular formula is C11H13NO6. The van der Waals surface area contributed by atoms with Crippen molar-refractivity contribution in [2.75, 3.05) is 0 Å². The van der Waals surface area contributed by atoms with E-state index in [1.165, 1.54) is 13.8 Å². The van der Waals surface area contributed by atoms with Crippen LogP contribution in [-0.4, -0.2) is 33.3 Å². The quantitative estimate of drug-likeness (QED) is 0.608. The van der Waals surface area contributed by atoms with Gasteiger partial charge in [-0.1, -0.05) is 0 Å². The highest BCUT2D eigenvalue weighted by Crippen LogP contribution is 2.29. The molecule has 0 fully saturated rings. The molecule has 0 amide bonds. The summed E-state index contributed by atoms with van der Waals surface area (Å²) in [5, 5.41) is 28.9. The normalized spacial score (nSPS) is 13.7. The Kier molecular flexibility index (Phi) is 4.22. The zero-order chi connectivity index (χ0) is 13.9. The first-order valence-electron chi connectivity index (χ1n) is 5.19. The summed E-state index contributed by atoms with van der Waals surface area (Å²) in [5.74, 6) is -1.38. The largest absolute Gasteiger partial charge is 0.481 e. The summed E-state index contributed by atoms with van der Waals surface area (Å²) in [6.07, 6.45) is -1.52. The van der Waals surface area contributed by atoms with Gasteiger partial charge in [0.15, 0.2) is 5.75 Å². The lowest BCUT2D eigenvalue weighted by Crippen LogP contribution is -2.26. The zero-order valence-corrected chi connectivity index (χ0v) is 9.86. The van der Waals surface area contributed by atoms with Crippen molar-refractivity contribution in [1.29, 1.82) is 0 Å². The number of carbonyl (C=O) groups is 1. The van der Waals surface area contributed by atoms with Gasteiger partial charge in [0, 0.05) is 12.1 Å². The molecule has 1 aromatic carbocycles. The van der Waals surface area contributed by atoms with Crippen molar-refractivity contribution in [3.05, 3.63) is 33.9 Å². The fourth-order valence-electron chi connectivity index (χ4n) is 1.19. The summed E-state index contributed by atoms with van der Waals surface area (Å²) in [6, 6.07) is 3.26. The molecule has 0 aliphatic carbocycles. The van der Waals surface area contributed by atoms with E-state index < -0.39 is 23.1 Å². The van der Waals surface area contributed by atoms with Crippen molar-refractivity contribution >= 4 is 11.7 Å². The average molecular weight is 255 g/mol. The monoisotopic (exact) mass is 255 g/mol. The van der Waals surface area contributed by atoms with E-state index in [1.54, 1.807) is 0 Å². The van der Waals surface area contributed by atoms with E-state index in [0.717, 1.165) is 18.2 Å². The van der Waals surface area contributed by atoms with Crippen LogP contribution in [0.3, 0.4) is 0 Å². The molecule has 0 aliphatic rings. The Hall–Kier alpha value is -2.15. The number of nitro groups is 1. The molecule has 0 saturated carbocycles. The number of nitro benzene ring substituents is 1. The standard InChI is InChI=1S/C11H13NO6/c1-6(13)7(2)18-10-5-8(11(14)15)3-4-9(10)12(16)17/h3-7,13H,1-2H3,(H,14,15). The highest BCUT2D eigenvalue weighted by Gasteiger charge is 2.21. The Morgan fingerprint density at radius 1 is 1.44 bits per heavy atom. The molecule has 0 spiro atoms. The van der Waals surface area contributed by atoms with Crippen molar-refractivity contribution in [3.63, 3.8) is 0 Å². The highest BCUT2D eigenvalue weighted by atomic mass is 16.6. The second-order valence-corrected chi connectivity index (χ2v) is 3.81. The lowest BCUT2D eigenvalue weighted by molar-refractivity contribution is -0.386. The SMILES string of the molecule is CC(O)C(C)Oc1cc(C(=O)O)ccc1[N+](=O)[O-]. The van der Waals surface area contributed by atoms with Gasteiger partial charge in [0.05, 0.1) is 16.6 Å². The minimum atomic E-state index is -1.21. The second kappa shape index (κ2) is 5.46. The van der Waals surface area contributed by atoms with E-state index in [1.807, 2.05) is 0 Å². The smallest absolute Gasteiger partial charge is 0.335 e. The maximum Gasteiger partial charge on any atom is 0.335 e. The van der Waals surface area contributed by atoms with E-state index in [4.69, 9.17) is 9.84 Å². The molecule has 2 unspecified atom stereocenters. The predicted octanol–water partition coefficient (Wildman–Crippen LogP) is 1.44. The summed E-state index contributed by atoms with van der Waals surface area (Å²) < 4.78 is 5.20. The van der Waals surface area contributed by atoms with Crippen LogP contribution < -0.4 is 4.74 Å². The van der Waals surface area contributed by atoms with Crippen molar-refractivity contribution in [3.8, 4) is 5.75 Å². The summed E-state index contributed by atoms with van der Waals surface area (Å²) in [7, 11) is 0. The van der Waals surface area contributed by atoms with E-state index in [2.05, 4.69) is 0 Å². The lowest BCUT2D eigenvalue weighted by Gasteiger charge is -2.17. The first-order chi connectivity index (χ1) is 8.32. The predicted molar refractivity (Wildman–Crippen MR) is 61.8 cm³/mol. The number of benzene rings is 1. The van der Waals surface area contributed by atoms with Crippen molar-refractivity contribution in [1.82, 2.24) is 0 Å². The van der Waals surface area contributed by atoms with Gasteiger partial charge in [0.25, 0.3) is 0 Å². The molecule has 0 radical (unpaired) electrons. The molecule has 1 rings (SSSR count). The van der Waals surface area contributed by atoms with Gasteiger partial charge in [-0.3, -0.25) is 10.1 Å². The zero-order valence-electron chi connectivity index (χ0n) is 9.86. The number of nitrogens with zero attached hydrogens (tertiary/aromatic N) is 1. The fourth-order valence-corrected chi connectivity index (χ4v) is 1.19. The number of hydrogen-bond donors (Lipinski definition) is 2. The number of carboxylic acids is 1. The van der Waals surface area contributed by atoms with Gasteiger partial charge in [-0.25, -0.2) is 4.79 Å². The van der Waals surface area contributed by atoms with Gasteiger partial charge in [-0.05, 0) is 19.9 Å². The fraction of sp³-hybridized carbons (Fsp3) is 0.364. The molecule has 7 nitrogen and oxygen atoms in total. The van der Waals surface area contributed by atoms with Crippen LogP contribution in [0.5, 0.6) is 5.75 Å². The average Bonchev–Trinajstić information content (AvgIpc) is 2.28. The number of aliphatic hydroxyl groups is 1. The van der Waals surface area contributed by atoms with Gasteiger partial charge < -0.3 is 14.9 Å². The minimum absolute atomic E-state index is 0.117. The number of ether oxygens (including phenoxy) is 1. The van der Waals surface area contributed by atoms with Gasteiger partial charge in [-0.2, -0.15) is 0 Å². The topological polar surface area (TPSA) is 110 Å². The molecule has 1 aromatic rings. The first-order valence-corrected chi connectivity index (χ1v) is 5.19. The maximum absolute atomic E-state index is 10.8. The number of carboxylic acid groups (broad SMARTS) is 1. The van der Waals surface area contributed by atoms with Crippen molar-refractivity contribution in [2.24, 2.45) is 0 Å². The highest BCUT2D eigenvalue weighted by molar-refractivity contribution is 5.88. The molecule has 0 bridgehead atoms. The molecule has 0 heterocycles. The van der Waals surface area contributed by atoms with E-state index in [-0.39, 0.29) is 17.0 Å². The van der Waals surface area contributed by atoms with Crippen molar-refractivity contribution in [2.45, 2.75) is 26.1 Å². The Morgan fingerprint density at radius 3 is 2.50 bits per heavy atom. The number of hydrogen-bond acceptors (Lipinski definition) is 5. The van der Waals surface area contributed by atoms with Gasteiger partial charge in [0.2, 0.25) is 0 Å². The Bertz CT molecular complexity index is 471. The summed E-state index contributed by atoms with van der Waals surface area (Å²) in [5.41, 5.74) is -0.458. The summed E-state index contributed by atoms with van der Waals surface area (Å²) in [6.45, 7) is 3.00. The number of aromatic carboxylic acids is 1. The van der Waals surface area contributed by atoms with Crippen LogP contribution >= 0.6 is 0 Å². The number of rotatable bonds is 5. The summed E-state index contributed by atoms with van der Waals surface area (Å²) >= 11 is 0. The molecule has 18 heavy (non-hydrogen) atoms. The van der Waals surface area contributed by atoms with E-state index >= 15 is 0 Å². The Morgan fingerprint density at radius 2 is 2.06 bits per heavy atom. The van der Waals surface area contributed by atoms with Gasteiger partial charge >= 0.3 is 11.7 Å². The second-order valence-electron chi connectivity index (χ2n) is 3.81. The lowest BCUT2D eigenvalue weighted by atomic mass is 10.2. The van der Waals surface area contributed by atoms with Gasteiger partial charge in [0.1, 0.15) is 6.10 Å². The molecule has 0 aliphatic heterocycles. The third-order valence-corrected chi connectivity index (χ3v) is 2.40. The molecule has 0 saturated heterocycles. The van der Waals surface area contributed by atoms with Crippen LogP contribution in [0, 0.1) is 10.1 Å². The molecule has 0 aromatic heterocycles. The van der Waals surface area contributed by atoms with Crippen LogP contribution in [0.15, 0.2) is 18.2 Å². The molecule has 98 valence electrons. The Labute approximate surface area is 103 Å². The Balaban J connectivity index is 3.15. The van der Waals surface area contributed by atoms with Crippen molar-refractivity contribution < 1.29 is 24.7 Å². The molecule has 2 atom stereocenters. The molecule has 2 N–H and O–H groups in total. The van der Waals surface area contributed by atoms with Crippen LogP contribution in [0.2, 0.25) is 0 Å². The molecular weight excluding hydrogens is 242 g/mol. The van der Waals surface area contributed by atoms with Crippen LogP contribution in [0.1, 0.15) is 24.2 Å². The van der Waals surface area contributed by atoms with E-state index in [0.29, 0.717) is 0 Å². The maximum atomic E-state index is 10.8. The minimum Gasteiger partial charge on any atom is -0.481 e. The van der Waals surface area contributed by atoms with E-state index in [9.17, 15) is 20.0 Å². The van der Waals surface area contributed by atoms with Crippen LogP contribution in [-0.2, 0) is 0 Å². The third-order valence-electron chi connectivity index (χ3n) is 2.40. The molecule has 7 heteroatoms. The van der Waals surface area contributed by atoms with Crippen LogP contribution in [0.4, 0.5) is 5.69 Å². The van der Waals surface area contributed by atoms with Gasteiger partial charge in [-0.15, -0.1) is 0 Å².